The Morgan fingerprint density at radius 2 is 2.42 bits per heavy atom. The zero-order chi connectivity index (χ0) is 9.03. The predicted molar refractivity (Wildman–Crippen MR) is 49.0 cm³/mol. The molecule has 1 atom stereocenters. The van der Waals surface area contributed by atoms with E-state index in [9.17, 15) is 0 Å². The van der Waals surface area contributed by atoms with E-state index in [1.165, 1.54) is 0 Å². The molecule has 0 aromatic rings. The first-order valence-electron chi connectivity index (χ1n) is 4.48. The number of likely N-dealkylation sites (N-methyl/N-ethyl adjacent to an activating group) is 1. The second kappa shape index (κ2) is 4.18. The van der Waals surface area contributed by atoms with Crippen molar-refractivity contribution in [2.45, 2.75) is 12.0 Å². The molecule has 1 heterocycles. The van der Waals surface area contributed by atoms with Crippen LogP contribution >= 0.6 is 0 Å². The number of β-amino-alcohol motifs (C(OH)–C–C–N with tert-alkyl or cyclic N) is 1. The molecule has 1 rings (SSSR count). The van der Waals surface area contributed by atoms with E-state index in [2.05, 4.69) is 10.2 Å². The summed E-state index contributed by atoms with van der Waals surface area (Å²) in [5.41, 5.74) is 5.82. The van der Waals surface area contributed by atoms with Crippen LogP contribution in [-0.4, -0.2) is 55.4 Å². The van der Waals surface area contributed by atoms with E-state index in [1.807, 2.05) is 7.05 Å². The largest absolute Gasteiger partial charge is 0.395 e. The molecule has 4 nitrogen and oxygen atoms in total. The maximum Gasteiger partial charge on any atom is 0.0558 e. The molecule has 1 aliphatic heterocycles. The number of nitrogens with one attached hydrogen (secondary N) is 1. The summed E-state index contributed by atoms with van der Waals surface area (Å²) in [6, 6.07) is 0. The maximum atomic E-state index is 8.80. The van der Waals surface area contributed by atoms with E-state index < -0.39 is 0 Å². The van der Waals surface area contributed by atoms with Crippen LogP contribution in [0.2, 0.25) is 0 Å². The minimum absolute atomic E-state index is 0.0860. The predicted octanol–water partition coefficient (Wildman–Crippen LogP) is -1.40. The summed E-state index contributed by atoms with van der Waals surface area (Å²) in [6.45, 7) is 3.56. The monoisotopic (exact) mass is 173 g/mol. The highest BCUT2D eigenvalue weighted by molar-refractivity contribution is 4.97. The summed E-state index contributed by atoms with van der Waals surface area (Å²) < 4.78 is 0. The number of hydrogen-bond acceptors (Lipinski definition) is 4. The first kappa shape index (κ1) is 9.92. The third-order valence-corrected chi connectivity index (χ3v) is 2.85. The van der Waals surface area contributed by atoms with Gasteiger partial charge in [0, 0.05) is 25.2 Å². The standard InChI is InChI=1S/C8H19N3O/c1-11(4-5-12)8(6-9)2-3-10-7-8/h10,12H,2-7,9H2,1H3. The number of aliphatic hydroxyl groups excluding tert-OH is 1. The van der Waals surface area contributed by atoms with Crippen LogP contribution in [0.3, 0.4) is 0 Å². The van der Waals surface area contributed by atoms with Gasteiger partial charge in [-0.05, 0) is 20.0 Å². The van der Waals surface area contributed by atoms with Gasteiger partial charge >= 0.3 is 0 Å². The van der Waals surface area contributed by atoms with E-state index in [4.69, 9.17) is 10.8 Å². The molecule has 0 aromatic heterocycles. The zero-order valence-electron chi connectivity index (χ0n) is 7.71. The molecule has 0 radical (unpaired) electrons. The average Bonchev–Trinajstić information content (AvgIpc) is 2.54. The van der Waals surface area contributed by atoms with Crippen LogP contribution in [0.1, 0.15) is 6.42 Å². The number of aliphatic hydroxyl groups is 1. The first-order chi connectivity index (χ1) is 5.75. The number of nitrogens with zero attached hydrogens (tertiary/aromatic N) is 1. The molecule has 4 N–H and O–H groups in total. The van der Waals surface area contributed by atoms with Gasteiger partial charge < -0.3 is 16.2 Å². The molecular formula is C8H19N3O. The van der Waals surface area contributed by atoms with Crippen LogP contribution in [0.15, 0.2) is 0 Å². The van der Waals surface area contributed by atoms with E-state index in [0.29, 0.717) is 13.1 Å². The average molecular weight is 173 g/mol. The van der Waals surface area contributed by atoms with Crippen molar-refractivity contribution in [3.63, 3.8) is 0 Å². The normalized spacial score (nSPS) is 30.0. The zero-order valence-corrected chi connectivity index (χ0v) is 7.71. The molecule has 1 unspecified atom stereocenters. The third-order valence-electron chi connectivity index (χ3n) is 2.85. The Morgan fingerprint density at radius 3 is 2.83 bits per heavy atom. The maximum absolute atomic E-state index is 8.80. The van der Waals surface area contributed by atoms with Crippen molar-refractivity contribution >= 4 is 0 Å². The number of hydrogen-bond donors (Lipinski definition) is 3. The van der Waals surface area contributed by atoms with Gasteiger partial charge in [0.25, 0.3) is 0 Å². The van der Waals surface area contributed by atoms with Crippen LogP contribution < -0.4 is 11.1 Å². The molecule has 1 fully saturated rings. The minimum atomic E-state index is 0.0860. The van der Waals surface area contributed by atoms with Gasteiger partial charge in [0.1, 0.15) is 0 Å². The molecule has 1 aliphatic rings. The molecule has 0 aromatic carbocycles. The summed E-state index contributed by atoms with van der Waals surface area (Å²) in [6.07, 6.45) is 1.08. The minimum Gasteiger partial charge on any atom is -0.395 e. The fraction of sp³-hybridized carbons (Fsp3) is 1.00. The Hall–Kier alpha value is -0.160. The molecule has 0 bridgehead atoms. The van der Waals surface area contributed by atoms with E-state index >= 15 is 0 Å². The van der Waals surface area contributed by atoms with Gasteiger partial charge in [-0.3, -0.25) is 4.90 Å². The lowest BCUT2D eigenvalue weighted by atomic mass is 9.97. The smallest absolute Gasteiger partial charge is 0.0558 e. The van der Waals surface area contributed by atoms with Gasteiger partial charge in [-0.15, -0.1) is 0 Å². The first-order valence-corrected chi connectivity index (χ1v) is 4.48. The van der Waals surface area contributed by atoms with Crippen LogP contribution in [0.25, 0.3) is 0 Å². The second-order valence-corrected chi connectivity index (χ2v) is 3.50. The van der Waals surface area contributed by atoms with Gasteiger partial charge in [-0.25, -0.2) is 0 Å². The lowest BCUT2D eigenvalue weighted by Gasteiger charge is -2.36. The Kier molecular flexibility index (Phi) is 3.46. The van der Waals surface area contributed by atoms with Crippen molar-refractivity contribution in [3.8, 4) is 0 Å². The Balaban J connectivity index is 2.52. The third kappa shape index (κ3) is 1.77. The number of rotatable bonds is 4. The summed E-state index contributed by atoms with van der Waals surface area (Å²) in [4.78, 5) is 2.16. The van der Waals surface area contributed by atoms with Crippen LogP contribution in [0.5, 0.6) is 0 Å². The van der Waals surface area contributed by atoms with Gasteiger partial charge in [0.2, 0.25) is 0 Å². The molecule has 72 valence electrons. The molecular weight excluding hydrogens is 154 g/mol. The molecule has 0 spiro atoms. The SMILES string of the molecule is CN(CCO)C1(CN)CCNC1. The number of nitrogens with two attached hydrogens (primary N) is 1. The van der Waals surface area contributed by atoms with E-state index in [1.54, 1.807) is 0 Å². The summed E-state index contributed by atoms with van der Waals surface area (Å²) in [7, 11) is 2.02. The van der Waals surface area contributed by atoms with Crippen molar-refractivity contribution in [1.29, 1.82) is 0 Å². The van der Waals surface area contributed by atoms with Gasteiger partial charge in [0.15, 0.2) is 0 Å². The second-order valence-electron chi connectivity index (χ2n) is 3.50. The van der Waals surface area contributed by atoms with Crippen molar-refractivity contribution in [2.75, 3.05) is 39.8 Å². The molecule has 0 saturated carbocycles. The van der Waals surface area contributed by atoms with Crippen molar-refractivity contribution < 1.29 is 5.11 Å². The highest BCUT2D eigenvalue weighted by atomic mass is 16.3. The Labute approximate surface area is 73.7 Å². The van der Waals surface area contributed by atoms with E-state index in [-0.39, 0.29) is 12.1 Å². The van der Waals surface area contributed by atoms with Gasteiger partial charge in [-0.2, -0.15) is 0 Å². The topological polar surface area (TPSA) is 61.5 Å². The fourth-order valence-electron chi connectivity index (χ4n) is 1.77. The summed E-state index contributed by atoms with van der Waals surface area (Å²) >= 11 is 0. The summed E-state index contributed by atoms with van der Waals surface area (Å²) in [5, 5.41) is 12.1. The summed E-state index contributed by atoms with van der Waals surface area (Å²) in [5.74, 6) is 0. The quantitative estimate of drug-likeness (QED) is 0.489. The lowest BCUT2D eigenvalue weighted by molar-refractivity contribution is 0.115. The molecule has 12 heavy (non-hydrogen) atoms. The Morgan fingerprint density at radius 1 is 1.67 bits per heavy atom. The highest BCUT2D eigenvalue weighted by Gasteiger charge is 2.35. The molecule has 0 aliphatic carbocycles. The van der Waals surface area contributed by atoms with Crippen LogP contribution in [0, 0.1) is 0 Å². The van der Waals surface area contributed by atoms with Crippen LogP contribution in [-0.2, 0) is 0 Å². The van der Waals surface area contributed by atoms with Crippen molar-refractivity contribution in [1.82, 2.24) is 10.2 Å². The molecule has 1 saturated heterocycles. The van der Waals surface area contributed by atoms with Gasteiger partial charge in [0.05, 0.1) is 6.61 Å². The Bertz CT molecular complexity index is 134. The lowest BCUT2D eigenvalue weighted by Crippen LogP contribution is -2.54. The fourth-order valence-corrected chi connectivity index (χ4v) is 1.77. The van der Waals surface area contributed by atoms with Crippen molar-refractivity contribution in [2.24, 2.45) is 5.73 Å². The highest BCUT2D eigenvalue weighted by Crippen LogP contribution is 2.19. The van der Waals surface area contributed by atoms with Crippen LogP contribution in [0.4, 0.5) is 0 Å². The van der Waals surface area contributed by atoms with Crippen molar-refractivity contribution in [3.05, 3.63) is 0 Å². The van der Waals surface area contributed by atoms with E-state index in [0.717, 1.165) is 19.5 Å². The van der Waals surface area contributed by atoms with Gasteiger partial charge in [-0.1, -0.05) is 0 Å². The molecule has 0 amide bonds. The molecule has 4 heteroatoms.